The maximum absolute atomic E-state index is 12.3. The number of nitrogens with one attached hydrogen (secondary N) is 2. The molecule has 1 aromatic rings. The summed E-state index contributed by atoms with van der Waals surface area (Å²) < 4.78 is 5.52. The SMILES string of the molecule is CCSc1ccc(C(C)NC(=O)[C@H]2NCCO[C@@H]2C)cc1.Cl. The first kappa shape index (κ1) is 19.3. The normalized spacial score (nSPS) is 22.5. The third kappa shape index (κ3) is 5.16. The van der Waals surface area contributed by atoms with Gasteiger partial charge in [0.2, 0.25) is 5.91 Å². The average molecular weight is 345 g/mol. The minimum absolute atomic E-state index is 0. The third-order valence-corrected chi connectivity index (χ3v) is 4.54. The van der Waals surface area contributed by atoms with Crippen molar-refractivity contribution in [1.29, 1.82) is 0 Å². The molecule has 0 bridgehead atoms. The highest BCUT2D eigenvalue weighted by Gasteiger charge is 2.29. The zero-order valence-corrected chi connectivity index (χ0v) is 14.9. The van der Waals surface area contributed by atoms with Gasteiger partial charge in [0.25, 0.3) is 0 Å². The topological polar surface area (TPSA) is 50.4 Å². The lowest BCUT2D eigenvalue weighted by Gasteiger charge is -2.30. The molecule has 0 aliphatic carbocycles. The summed E-state index contributed by atoms with van der Waals surface area (Å²) in [4.78, 5) is 13.6. The van der Waals surface area contributed by atoms with Gasteiger partial charge in [-0.25, -0.2) is 0 Å². The number of morpholine rings is 1. The van der Waals surface area contributed by atoms with E-state index >= 15 is 0 Å². The van der Waals surface area contributed by atoms with Crippen molar-refractivity contribution < 1.29 is 9.53 Å². The average Bonchev–Trinajstić information content (AvgIpc) is 2.48. The van der Waals surface area contributed by atoms with E-state index in [9.17, 15) is 4.79 Å². The number of amides is 1. The summed E-state index contributed by atoms with van der Waals surface area (Å²) in [6.45, 7) is 7.46. The quantitative estimate of drug-likeness (QED) is 0.806. The van der Waals surface area contributed by atoms with Gasteiger partial charge in [-0.15, -0.1) is 24.2 Å². The van der Waals surface area contributed by atoms with Gasteiger partial charge in [-0.3, -0.25) is 4.79 Å². The molecule has 4 nitrogen and oxygen atoms in total. The highest BCUT2D eigenvalue weighted by molar-refractivity contribution is 7.99. The van der Waals surface area contributed by atoms with E-state index in [4.69, 9.17) is 4.74 Å². The Balaban J connectivity index is 0.00000242. The van der Waals surface area contributed by atoms with Crippen LogP contribution < -0.4 is 10.6 Å². The second kappa shape index (κ2) is 9.40. The second-order valence-corrected chi connectivity index (χ2v) is 6.58. The molecule has 1 aromatic carbocycles. The van der Waals surface area contributed by atoms with Crippen LogP contribution in [0, 0.1) is 0 Å². The first-order valence-corrected chi connectivity index (χ1v) is 8.48. The Morgan fingerprint density at radius 1 is 1.45 bits per heavy atom. The fraction of sp³-hybridized carbons (Fsp3) is 0.562. The maximum atomic E-state index is 12.3. The van der Waals surface area contributed by atoms with Gasteiger partial charge in [0.05, 0.1) is 18.8 Å². The highest BCUT2D eigenvalue weighted by Crippen LogP contribution is 2.21. The Morgan fingerprint density at radius 3 is 2.73 bits per heavy atom. The van der Waals surface area contributed by atoms with Crippen LogP contribution in [-0.2, 0) is 9.53 Å². The molecule has 0 aromatic heterocycles. The third-order valence-electron chi connectivity index (χ3n) is 3.65. The Kier molecular flexibility index (Phi) is 8.25. The minimum Gasteiger partial charge on any atom is -0.375 e. The number of carbonyl (C=O) groups is 1. The van der Waals surface area contributed by atoms with Crippen LogP contribution in [0.15, 0.2) is 29.2 Å². The predicted molar refractivity (Wildman–Crippen MR) is 93.9 cm³/mol. The van der Waals surface area contributed by atoms with Crippen LogP contribution in [0.3, 0.4) is 0 Å². The minimum atomic E-state index is -0.267. The highest BCUT2D eigenvalue weighted by atomic mass is 35.5. The van der Waals surface area contributed by atoms with Gasteiger partial charge >= 0.3 is 0 Å². The van der Waals surface area contributed by atoms with Crippen LogP contribution in [0.5, 0.6) is 0 Å². The van der Waals surface area contributed by atoms with Gasteiger partial charge in [-0.1, -0.05) is 19.1 Å². The molecule has 1 aliphatic rings. The van der Waals surface area contributed by atoms with Crippen molar-refractivity contribution in [2.24, 2.45) is 0 Å². The van der Waals surface area contributed by atoms with Crippen LogP contribution in [0.2, 0.25) is 0 Å². The number of thioether (sulfide) groups is 1. The van der Waals surface area contributed by atoms with E-state index in [1.807, 2.05) is 25.6 Å². The smallest absolute Gasteiger partial charge is 0.240 e. The van der Waals surface area contributed by atoms with Crippen LogP contribution >= 0.6 is 24.2 Å². The number of rotatable bonds is 5. The molecule has 0 radical (unpaired) electrons. The van der Waals surface area contributed by atoms with E-state index in [-0.39, 0.29) is 36.5 Å². The van der Waals surface area contributed by atoms with E-state index in [0.717, 1.165) is 17.9 Å². The van der Waals surface area contributed by atoms with Crippen LogP contribution in [-0.4, -0.2) is 37.0 Å². The molecule has 3 atom stereocenters. The molecule has 0 spiro atoms. The Hall–Kier alpha value is -0.750. The molecule has 2 rings (SSSR count). The molecule has 1 unspecified atom stereocenters. The lowest BCUT2D eigenvalue weighted by atomic mass is 10.1. The van der Waals surface area contributed by atoms with Gasteiger partial charge in [-0.05, 0) is 37.3 Å². The van der Waals surface area contributed by atoms with Crippen molar-refractivity contribution in [3.8, 4) is 0 Å². The number of benzene rings is 1. The molecule has 1 heterocycles. The predicted octanol–water partition coefficient (Wildman–Crippen LogP) is 2.77. The summed E-state index contributed by atoms with van der Waals surface area (Å²) in [5, 5.41) is 6.27. The lowest BCUT2D eigenvalue weighted by molar-refractivity contribution is -0.129. The fourth-order valence-electron chi connectivity index (χ4n) is 2.43. The zero-order valence-electron chi connectivity index (χ0n) is 13.3. The number of ether oxygens (including phenoxy) is 1. The largest absolute Gasteiger partial charge is 0.375 e. The molecule has 22 heavy (non-hydrogen) atoms. The van der Waals surface area contributed by atoms with Gasteiger partial charge in [0, 0.05) is 11.4 Å². The summed E-state index contributed by atoms with van der Waals surface area (Å²) in [7, 11) is 0. The molecule has 1 saturated heterocycles. The van der Waals surface area contributed by atoms with Gasteiger partial charge in [0.15, 0.2) is 0 Å². The van der Waals surface area contributed by atoms with E-state index in [1.54, 1.807) is 0 Å². The number of hydrogen-bond acceptors (Lipinski definition) is 4. The second-order valence-electron chi connectivity index (χ2n) is 5.24. The molecule has 1 aliphatic heterocycles. The van der Waals surface area contributed by atoms with Gasteiger partial charge < -0.3 is 15.4 Å². The maximum Gasteiger partial charge on any atom is 0.240 e. The van der Waals surface area contributed by atoms with Gasteiger partial charge in [-0.2, -0.15) is 0 Å². The fourth-order valence-corrected chi connectivity index (χ4v) is 3.10. The van der Waals surface area contributed by atoms with Crippen molar-refractivity contribution >= 4 is 30.1 Å². The Morgan fingerprint density at radius 2 is 2.14 bits per heavy atom. The van der Waals surface area contributed by atoms with E-state index in [2.05, 4.69) is 41.8 Å². The first-order valence-electron chi connectivity index (χ1n) is 7.50. The van der Waals surface area contributed by atoms with Crippen molar-refractivity contribution in [3.63, 3.8) is 0 Å². The number of halogens is 1. The monoisotopic (exact) mass is 344 g/mol. The summed E-state index contributed by atoms with van der Waals surface area (Å²) in [6.07, 6.45) is -0.0886. The van der Waals surface area contributed by atoms with Crippen molar-refractivity contribution in [2.45, 2.75) is 43.9 Å². The molecule has 0 saturated carbocycles. The summed E-state index contributed by atoms with van der Waals surface area (Å²) in [5.74, 6) is 1.07. The molecule has 1 fully saturated rings. The zero-order chi connectivity index (χ0) is 15.2. The Labute approximate surface area is 143 Å². The molecular weight excluding hydrogens is 320 g/mol. The molecule has 2 N–H and O–H groups in total. The van der Waals surface area contributed by atoms with E-state index < -0.39 is 0 Å². The first-order chi connectivity index (χ1) is 10.1. The number of carbonyl (C=O) groups excluding carboxylic acids is 1. The summed E-state index contributed by atoms with van der Waals surface area (Å²) in [6, 6.07) is 8.10. The van der Waals surface area contributed by atoms with Crippen LogP contribution in [0.25, 0.3) is 0 Å². The standard InChI is InChI=1S/C16H24N2O2S.ClH/c1-4-21-14-7-5-13(6-8-14)11(2)18-16(19)15-12(3)20-10-9-17-15;/h5-8,11-12,15,17H,4,9-10H2,1-3H3,(H,18,19);1H/t11?,12-,15+;/m1./s1. The molecular formula is C16H25ClN2O2S. The summed E-state index contributed by atoms with van der Waals surface area (Å²) in [5.41, 5.74) is 1.12. The number of hydrogen-bond donors (Lipinski definition) is 2. The van der Waals surface area contributed by atoms with Crippen LogP contribution in [0.1, 0.15) is 32.4 Å². The Bertz CT molecular complexity index is 470. The molecule has 1 amide bonds. The van der Waals surface area contributed by atoms with Gasteiger partial charge in [0.1, 0.15) is 6.04 Å². The van der Waals surface area contributed by atoms with Crippen molar-refractivity contribution in [3.05, 3.63) is 29.8 Å². The molecule has 124 valence electrons. The van der Waals surface area contributed by atoms with E-state index in [1.165, 1.54) is 4.90 Å². The van der Waals surface area contributed by atoms with E-state index in [0.29, 0.717) is 6.61 Å². The summed E-state index contributed by atoms with van der Waals surface area (Å²) >= 11 is 1.82. The van der Waals surface area contributed by atoms with Crippen molar-refractivity contribution in [1.82, 2.24) is 10.6 Å². The lowest BCUT2D eigenvalue weighted by Crippen LogP contribution is -2.55. The van der Waals surface area contributed by atoms with Crippen LogP contribution in [0.4, 0.5) is 0 Å². The van der Waals surface area contributed by atoms with Crippen molar-refractivity contribution in [2.75, 3.05) is 18.9 Å². The molecule has 6 heteroatoms.